The number of nitrogens with zero attached hydrogens (tertiary/aromatic N) is 1. The van der Waals surface area contributed by atoms with Crippen LogP contribution in [-0.2, 0) is 4.79 Å². The molecule has 3 rings (SSSR count). The number of carboxylic acids is 1. The van der Waals surface area contributed by atoms with Gasteiger partial charge in [-0.25, -0.2) is 0 Å². The maximum absolute atomic E-state index is 13.2. The SMILES string of the molecule is COc1cc2c(cc1OC)[C@@H](C(=O)O)[C@@H](c1ccc(OC(C)C)c(OC)c1)N(C)C2=O. The van der Waals surface area contributed by atoms with Gasteiger partial charge in [0.2, 0.25) is 0 Å². The summed E-state index contributed by atoms with van der Waals surface area (Å²) in [4.78, 5) is 27.0. The van der Waals surface area contributed by atoms with E-state index in [0.29, 0.717) is 34.1 Å². The first-order chi connectivity index (χ1) is 14.7. The van der Waals surface area contributed by atoms with Crippen LogP contribution in [0.4, 0.5) is 0 Å². The second-order valence-corrected chi connectivity index (χ2v) is 7.55. The van der Waals surface area contributed by atoms with E-state index in [1.54, 1.807) is 31.3 Å². The molecule has 2 aromatic rings. The summed E-state index contributed by atoms with van der Waals surface area (Å²) in [7, 11) is 6.04. The zero-order valence-corrected chi connectivity index (χ0v) is 18.5. The van der Waals surface area contributed by atoms with E-state index < -0.39 is 17.9 Å². The quantitative estimate of drug-likeness (QED) is 0.720. The molecule has 0 spiro atoms. The first-order valence-corrected chi connectivity index (χ1v) is 9.83. The van der Waals surface area contributed by atoms with E-state index >= 15 is 0 Å². The van der Waals surface area contributed by atoms with Crippen LogP contribution < -0.4 is 18.9 Å². The van der Waals surface area contributed by atoms with Crippen LogP contribution in [0.1, 0.15) is 47.3 Å². The van der Waals surface area contributed by atoms with Gasteiger partial charge >= 0.3 is 5.97 Å². The fourth-order valence-corrected chi connectivity index (χ4v) is 3.95. The first kappa shape index (κ1) is 22.3. The van der Waals surface area contributed by atoms with Gasteiger partial charge in [-0.05, 0) is 49.2 Å². The van der Waals surface area contributed by atoms with Gasteiger partial charge in [-0.1, -0.05) is 6.07 Å². The van der Waals surface area contributed by atoms with Crippen molar-refractivity contribution >= 4 is 11.9 Å². The molecule has 8 heteroatoms. The van der Waals surface area contributed by atoms with E-state index in [9.17, 15) is 14.7 Å². The molecular formula is C23H27NO7. The van der Waals surface area contributed by atoms with E-state index in [1.807, 2.05) is 13.8 Å². The Labute approximate surface area is 181 Å². The number of benzene rings is 2. The zero-order chi connectivity index (χ0) is 22.9. The maximum Gasteiger partial charge on any atom is 0.313 e. The van der Waals surface area contributed by atoms with Crippen LogP contribution in [0.5, 0.6) is 23.0 Å². The van der Waals surface area contributed by atoms with Crippen LogP contribution in [0.15, 0.2) is 30.3 Å². The summed E-state index contributed by atoms with van der Waals surface area (Å²) in [5, 5.41) is 10.1. The Morgan fingerprint density at radius 3 is 2.10 bits per heavy atom. The molecule has 8 nitrogen and oxygen atoms in total. The van der Waals surface area contributed by atoms with Crippen LogP contribution in [0.25, 0.3) is 0 Å². The molecule has 1 amide bonds. The van der Waals surface area contributed by atoms with Crippen LogP contribution >= 0.6 is 0 Å². The number of amides is 1. The molecule has 0 aromatic heterocycles. The van der Waals surface area contributed by atoms with Crippen molar-refractivity contribution in [3.63, 3.8) is 0 Å². The Bertz CT molecular complexity index is 1000. The lowest BCUT2D eigenvalue weighted by Gasteiger charge is -2.39. The van der Waals surface area contributed by atoms with Gasteiger partial charge in [-0.3, -0.25) is 9.59 Å². The van der Waals surface area contributed by atoms with Crippen LogP contribution in [-0.4, -0.2) is 56.4 Å². The summed E-state index contributed by atoms with van der Waals surface area (Å²) in [6, 6.07) is 7.55. The third-order valence-corrected chi connectivity index (χ3v) is 5.33. The molecule has 0 bridgehead atoms. The maximum atomic E-state index is 13.2. The van der Waals surface area contributed by atoms with E-state index in [0.717, 1.165) is 0 Å². The van der Waals surface area contributed by atoms with Crippen molar-refractivity contribution in [2.75, 3.05) is 28.4 Å². The smallest absolute Gasteiger partial charge is 0.313 e. The minimum atomic E-state index is -1.06. The minimum absolute atomic E-state index is 0.0558. The van der Waals surface area contributed by atoms with Crippen molar-refractivity contribution < 1.29 is 33.6 Å². The predicted molar refractivity (Wildman–Crippen MR) is 114 cm³/mol. The van der Waals surface area contributed by atoms with Crippen molar-refractivity contribution in [3.8, 4) is 23.0 Å². The second kappa shape index (κ2) is 8.75. The van der Waals surface area contributed by atoms with E-state index in [1.165, 1.54) is 32.3 Å². The Morgan fingerprint density at radius 2 is 1.55 bits per heavy atom. The molecule has 166 valence electrons. The normalized spacial score (nSPS) is 17.9. The molecule has 2 atom stereocenters. The number of carbonyl (C=O) groups is 2. The Hall–Kier alpha value is -3.42. The molecule has 0 fully saturated rings. The fourth-order valence-electron chi connectivity index (χ4n) is 3.95. The van der Waals surface area contributed by atoms with Gasteiger partial charge in [0, 0.05) is 12.6 Å². The highest BCUT2D eigenvalue weighted by Crippen LogP contribution is 2.46. The third-order valence-electron chi connectivity index (χ3n) is 5.33. The number of aliphatic carboxylic acids is 1. The van der Waals surface area contributed by atoms with Crippen LogP contribution in [0.3, 0.4) is 0 Å². The molecule has 0 aliphatic carbocycles. The standard InChI is InChI=1S/C23H27NO7/c1-12(2)31-16-8-7-13(9-17(16)28-4)21-20(23(26)27)14-10-18(29-5)19(30-6)11-15(14)22(25)24(21)3/h7-12,20-21H,1-6H3,(H,26,27)/t20-,21-/m1/s1. The van der Waals surface area contributed by atoms with Gasteiger partial charge in [0.1, 0.15) is 5.92 Å². The van der Waals surface area contributed by atoms with Crippen LogP contribution in [0.2, 0.25) is 0 Å². The third kappa shape index (κ3) is 3.97. The number of methoxy groups -OCH3 is 3. The highest BCUT2D eigenvalue weighted by molar-refractivity contribution is 6.01. The van der Waals surface area contributed by atoms with E-state index in [2.05, 4.69) is 0 Å². The molecule has 31 heavy (non-hydrogen) atoms. The number of rotatable bonds is 7. The Balaban J connectivity index is 2.17. The summed E-state index contributed by atoms with van der Waals surface area (Å²) >= 11 is 0. The summed E-state index contributed by atoms with van der Waals surface area (Å²) in [5.41, 5.74) is 1.27. The zero-order valence-electron chi connectivity index (χ0n) is 18.5. The fraction of sp³-hybridized carbons (Fsp3) is 0.391. The van der Waals surface area contributed by atoms with Gasteiger partial charge in [-0.2, -0.15) is 0 Å². The number of likely N-dealkylation sites (N-methyl/N-ethyl adjacent to an activating group) is 1. The number of carbonyl (C=O) groups excluding carboxylic acids is 1. The number of fused-ring (bicyclic) bond motifs is 1. The second-order valence-electron chi connectivity index (χ2n) is 7.55. The van der Waals surface area contributed by atoms with Crippen molar-refractivity contribution in [1.82, 2.24) is 4.90 Å². The van der Waals surface area contributed by atoms with Crippen molar-refractivity contribution in [3.05, 3.63) is 47.0 Å². The summed E-state index contributed by atoms with van der Waals surface area (Å²) in [6.45, 7) is 3.81. The number of hydrogen-bond donors (Lipinski definition) is 1. The van der Waals surface area contributed by atoms with E-state index in [4.69, 9.17) is 18.9 Å². The lowest BCUT2D eigenvalue weighted by atomic mass is 9.79. The average molecular weight is 429 g/mol. The Kier molecular flexibility index (Phi) is 6.29. The average Bonchev–Trinajstić information content (AvgIpc) is 2.74. The molecule has 0 unspecified atom stereocenters. The number of carboxylic acid groups (broad SMARTS) is 1. The van der Waals surface area contributed by atoms with Crippen LogP contribution in [0, 0.1) is 0 Å². The predicted octanol–water partition coefficient (Wildman–Crippen LogP) is 3.49. The van der Waals surface area contributed by atoms with Gasteiger partial charge in [0.15, 0.2) is 23.0 Å². The molecule has 2 aromatic carbocycles. The van der Waals surface area contributed by atoms with Crippen molar-refractivity contribution in [2.45, 2.75) is 31.9 Å². The van der Waals surface area contributed by atoms with Crippen molar-refractivity contribution in [1.29, 1.82) is 0 Å². The monoisotopic (exact) mass is 429 g/mol. The molecule has 1 aliphatic rings. The van der Waals surface area contributed by atoms with Gasteiger partial charge in [-0.15, -0.1) is 0 Å². The Morgan fingerprint density at radius 1 is 0.968 bits per heavy atom. The topological polar surface area (TPSA) is 94.5 Å². The van der Waals surface area contributed by atoms with Gasteiger partial charge < -0.3 is 29.0 Å². The summed E-state index contributed by atoms with van der Waals surface area (Å²) in [5.74, 6) is -0.637. The van der Waals surface area contributed by atoms with E-state index in [-0.39, 0.29) is 17.6 Å². The lowest BCUT2D eigenvalue weighted by Crippen LogP contribution is -2.42. The molecule has 0 saturated heterocycles. The van der Waals surface area contributed by atoms with Crippen molar-refractivity contribution in [2.24, 2.45) is 0 Å². The molecule has 0 radical (unpaired) electrons. The van der Waals surface area contributed by atoms with Gasteiger partial charge in [0.25, 0.3) is 5.91 Å². The minimum Gasteiger partial charge on any atom is -0.493 e. The van der Waals surface area contributed by atoms with Gasteiger partial charge in [0.05, 0.1) is 33.5 Å². The highest BCUT2D eigenvalue weighted by Gasteiger charge is 2.44. The highest BCUT2D eigenvalue weighted by atomic mass is 16.5. The summed E-state index contributed by atoms with van der Waals surface area (Å²) in [6.07, 6.45) is -0.0558. The molecule has 1 N–H and O–H groups in total. The largest absolute Gasteiger partial charge is 0.493 e. The molecular weight excluding hydrogens is 402 g/mol. The lowest BCUT2D eigenvalue weighted by molar-refractivity contribution is -0.140. The molecule has 1 heterocycles. The molecule has 1 aliphatic heterocycles. The number of ether oxygens (including phenoxy) is 4. The first-order valence-electron chi connectivity index (χ1n) is 9.83. The molecule has 0 saturated carbocycles. The summed E-state index contributed by atoms with van der Waals surface area (Å²) < 4.78 is 21.9. The number of hydrogen-bond acceptors (Lipinski definition) is 6.